The Bertz CT molecular complexity index is 653. The average Bonchev–Trinajstić information content (AvgIpc) is 2.57. The van der Waals surface area contributed by atoms with Crippen LogP contribution in [0.4, 0.5) is 4.79 Å². The van der Waals surface area contributed by atoms with Crippen LogP contribution in [0.25, 0.3) is 0 Å². The summed E-state index contributed by atoms with van der Waals surface area (Å²) in [5.41, 5.74) is -0.0297. The fraction of sp³-hybridized carbons (Fsp3) is 0.526. The van der Waals surface area contributed by atoms with Gasteiger partial charge in [0.1, 0.15) is 0 Å². The predicted molar refractivity (Wildman–Crippen MR) is 100 cm³/mol. The first kappa shape index (κ1) is 22.8. The molecule has 0 radical (unpaired) electrons. The average molecular weight is 400 g/mol. The zero-order valence-corrected chi connectivity index (χ0v) is 16.7. The summed E-state index contributed by atoms with van der Waals surface area (Å²) in [4.78, 5) is 35.1. The van der Waals surface area contributed by atoms with Crippen LogP contribution in [0, 0.1) is 5.41 Å². The number of hydrogen-bond acceptors (Lipinski definition) is 5. The Morgan fingerprint density at radius 2 is 1.74 bits per heavy atom. The van der Waals surface area contributed by atoms with Crippen LogP contribution >= 0.6 is 11.6 Å². The summed E-state index contributed by atoms with van der Waals surface area (Å²) in [6.45, 7) is 6.81. The molecule has 0 aliphatic heterocycles. The minimum Gasteiger partial charge on any atom is -0.481 e. The predicted octanol–water partition coefficient (Wildman–Crippen LogP) is 4.30. The third-order valence-electron chi connectivity index (χ3n) is 3.63. The second kappa shape index (κ2) is 10.2. The van der Waals surface area contributed by atoms with Crippen molar-refractivity contribution in [1.82, 2.24) is 5.32 Å². The fourth-order valence-corrected chi connectivity index (χ4v) is 2.19. The number of aliphatic carboxylic acids is 1. The van der Waals surface area contributed by atoms with Gasteiger partial charge in [0.05, 0.1) is 11.5 Å². The summed E-state index contributed by atoms with van der Waals surface area (Å²) in [5, 5.41) is 12.1. The van der Waals surface area contributed by atoms with Crippen LogP contribution < -0.4 is 5.32 Å². The van der Waals surface area contributed by atoms with Gasteiger partial charge in [0.15, 0.2) is 0 Å². The van der Waals surface area contributed by atoms with Gasteiger partial charge in [0, 0.05) is 17.9 Å². The van der Waals surface area contributed by atoms with E-state index in [9.17, 15) is 14.4 Å². The van der Waals surface area contributed by atoms with Crippen molar-refractivity contribution in [1.29, 1.82) is 0 Å². The molecule has 0 fully saturated rings. The molecule has 2 atom stereocenters. The molecule has 1 aromatic rings. The van der Waals surface area contributed by atoms with Crippen molar-refractivity contribution in [3.63, 3.8) is 0 Å². The third-order valence-corrected chi connectivity index (χ3v) is 3.89. The highest BCUT2D eigenvalue weighted by atomic mass is 35.5. The first-order chi connectivity index (χ1) is 12.5. The minimum absolute atomic E-state index is 0.135. The highest BCUT2D eigenvalue weighted by Gasteiger charge is 2.28. The molecule has 0 aliphatic rings. The SMILES string of the molecule is CCC(OC(=O)NC(CCC(=O)O)c1ccc(Cl)cc1)OC(=O)C(C)(C)C. The van der Waals surface area contributed by atoms with Crippen LogP contribution in [0.3, 0.4) is 0 Å². The van der Waals surface area contributed by atoms with E-state index in [1.54, 1.807) is 52.0 Å². The number of esters is 1. The second-order valence-electron chi connectivity index (χ2n) is 7.08. The fourth-order valence-electron chi connectivity index (χ4n) is 2.07. The number of carbonyl (C=O) groups is 3. The molecule has 1 rings (SSSR count). The molecule has 8 heteroatoms. The molecule has 1 aromatic carbocycles. The summed E-state index contributed by atoms with van der Waals surface area (Å²) >= 11 is 5.87. The first-order valence-electron chi connectivity index (χ1n) is 8.68. The second-order valence-corrected chi connectivity index (χ2v) is 7.52. The number of ether oxygens (including phenoxy) is 2. The van der Waals surface area contributed by atoms with Crippen LogP contribution in [0.15, 0.2) is 24.3 Å². The Hall–Kier alpha value is -2.28. The van der Waals surface area contributed by atoms with Gasteiger partial charge in [-0.2, -0.15) is 0 Å². The van der Waals surface area contributed by atoms with Crippen LogP contribution in [-0.4, -0.2) is 29.4 Å². The molecule has 2 N–H and O–H groups in total. The zero-order chi connectivity index (χ0) is 20.6. The molecule has 2 unspecified atom stereocenters. The third kappa shape index (κ3) is 8.30. The Balaban J connectivity index is 2.77. The van der Waals surface area contributed by atoms with Gasteiger partial charge in [0.2, 0.25) is 6.29 Å². The van der Waals surface area contributed by atoms with Gasteiger partial charge in [0.25, 0.3) is 0 Å². The van der Waals surface area contributed by atoms with Crippen LogP contribution in [0.5, 0.6) is 0 Å². The van der Waals surface area contributed by atoms with Crippen molar-refractivity contribution in [2.24, 2.45) is 5.41 Å². The van der Waals surface area contributed by atoms with E-state index in [0.717, 1.165) is 0 Å². The smallest absolute Gasteiger partial charge is 0.410 e. The summed E-state index contributed by atoms with van der Waals surface area (Å²) in [5.74, 6) is -1.46. The molecule has 0 bridgehead atoms. The van der Waals surface area contributed by atoms with Crippen molar-refractivity contribution >= 4 is 29.6 Å². The highest BCUT2D eigenvalue weighted by molar-refractivity contribution is 6.30. The molecule has 0 saturated heterocycles. The quantitative estimate of drug-likeness (QED) is 0.499. The normalized spacial score (nSPS) is 13.4. The molecule has 7 nitrogen and oxygen atoms in total. The number of amides is 1. The van der Waals surface area contributed by atoms with E-state index in [1.807, 2.05) is 0 Å². The maximum atomic E-state index is 12.2. The van der Waals surface area contributed by atoms with Gasteiger partial charge in [-0.3, -0.25) is 9.59 Å². The molecule has 1 amide bonds. The number of hydrogen-bond donors (Lipinski definition) is 2. The lowest BCUT2D eigenvalue weighted by Gasteiger charge is -2.24. The molecule has 0 heterocycles. The lowest BCUT2D eigenvalue weighted by molar-refractivity contribution is -0.177. The van der Waals surface area contributed by atoms with Gasteiger partial charge >= 0.3 is 18.0 Å². The van der Waals surface area contributed by atoms with E-state index < -0.39 is 35.8 Å². The zero-order valence-electron chi connectivity index (χ0n) is 16.0. The molecule has 0 aromatic heterocycles. The lowest BCUT2D eigenvalue weighted by atomic mass is 9.97. The summed E-state index contributed by atoms with van der Waals surface area (Å²) < 4.78 is 10.4. The molecular weight excluding hydrogens is 374 g/mol. The van der Waals surface area contributed by atoms with Crippen LogP contribution in [0.2, 0.25) is 5.02 Å². The van der Waals surface area contributed by atoms with Gasteiger partial charge in [-0.25, -0.2) is 4.79 Å². The van der Waals surface area contributed by atoms with E-state index in [4.69, 9.17) is 26.2 Å². The summed E-state index contributed by atoms with van der Waals surface area (Å²) in [6.07, 6.45) is -1.50. The molecule has 27 heavy (non-hydrogen) atoms. The van der Waals surface area contributed by atoms with Gasteiger partial charge in [-0.05, 0) is 44.9 Å². The maximum absolute atomic E-state index is 12.2. The van der Waals surface area contributed by atoms with Gasteiger partial charge in [-0.15, -0.1) is 0 Å². The number of rotatable bonds is 8. The minimum atomic E-state index is -1.03. The van der Waals surface area contributed by atoms with Crippen molar-refractivity contribution in [3.8, 4) is 0 Å². The molecule has 0 aliphatic carbocycles. The number of carbonyl (C=O) groups excluding carboxylic acids is 2. The number of halogens is 1. The highest BCUT2D eigenvalue weighted by Crippen LogP contribution is 2.22. The van der Waals surface area contributed by atoms with E-state index in [1.165, 1.54) is 0 Å². The van der Waals surface area contributed by atoms with E-state index in [2.05, 4.69) is 5.32 Å². The summed E-state index contributed by atoms with van der Waals surface area (Å²) in [6, 6.07) is 6.12. The standard InChI is InChI=1S/C19H26ClNO6/c1-5-16(26-17(24)19(2,3)4)27-18(25)21-14(10-11-15(22)23)12-6-8-13(20)9-7-12/h6-9,14,16H,5,10-11H2,1-4H3,(H,21,25)(H,22,23). The Morgan fingerprint density at radius 1 is 1.15 bits per heavy atom. The van der Waals surface area contributed by atoms with Crippen molar-refractivity contribution in [2.45, 2.75) is 59.3 Å². The number of carboxylic acid groups (broad SMARTS) is 1. The maximum Gasteiger partial charge on any atom is 0.410 e. The van der Waals surface area contributed by atoms with Crippen molar-refractivity contribution in [2.75, 3.05) is 0 Å². The lowest BCUT2D eigenvalue weighted by Crippen LogP contribution is -2.36. The number of nitrogens with one attached hydrogen (secondary N) is 1. The number of alkyl carbamates (subject to hydrolysis) is 1. The Morgan fingerprint density at radius 3 is 2.22 bits per heavy atom. The molecular formula is C19H26ClNO6. The Labute approximate surface area is 164 Å². The van der Waals surface area contributed by atoms with Gasteiger partial charge in [-0.1, -0.05) is 30.7 Å². The van der Waals surface area contributed by atoms with Gasteiger partial charge < -0.3 is 19.9 Å². The van der Waals surface area contributed by atoms with E-state index >= 15 is 0 Å². The monoisotopic (exact) mass is 399 g/mol. The summed E-state index contributed by atoms with van der Waals surface area (Å²) in [7, 11) is 0. The number of carboxylic acids is 1. The number of benzene rings is 1. The van der Waals surface area contributed by atoms with Crippen molar-refractivity contribution < 1.29 is 29.0 Å². The van der Waals surface area contributed by atoms with E-state index in [-0.39, 0.29) is 19.3 Å². The van der Waals surface area contributed by atoms with E-state index in [0.29, 0.717) is 10.6 Å². The van der Waals surface area contributed by atoms with Crippen LogP contribution in [0.1, 0.15) is 58.6 Å². The topological polar surface area (TPSA) is 102 Å². The largest absolute Gasteiger partial charge is 0.481 e. The van der Waals surface area contributed by atoms with Crippen LogP contribution in [-0.2, 0) is 19.1 Å². The molecule has 150 valence electrons. The first-order valence-corrected chi connectivity index (χ1v) is 9.06. The Kier molecular flexibility index (Phi) is 8.56. The molecule has 0 spiro atoms. The van der Waals surface area contributed by atoms with Crippen molar-refractivity contribution in [3.05, 3.63) is 34.9 Å². The molecule has 0 saturated carbocycles.